The fourth-order valence-electron chi connectivity index (χ4n) is 4.50. The van der Waals surface area contributed by atoms with Crippen LogP contribution in [0.5, 0.6) is 5.75 Å². The highest BCUT2D eigenvalue weighted by molar-refractivity contribution is 5.78. The van der Waals surface area contributed by atoms with E-state index in [2.05, 4.69) is 15.6 Å². The Balaban J connectivity index is 1.35. The summed E-state index contributed by atoms with van der Waals surface area (Å²) in [4.78, 5) is 24.7. The number of aryl methyl sites for hydroxylation is 1. The highest BCUT2D eigenvalue weighted by atomic mass is 16.5. The lowest BCUT2D eigenvalue weighted by Crippen LogP contribution is -2.31. The van der Waals surface area contributed by atoms with Gasteiger partial charge in [0.1, 0.15) is 11.4 Å². The fraction of sp³-hybridized carbons (Fsp3) is 0.429. The standard InChI is InChI=1S/C28H34N4O4/c1-19(2)35-28(34)22-10-7-11-24(17-22)36-23-14-12-21(13-15-23)27-25(32(3)31-30-27)18-29-26(33)16-20-8-5-4-6-9-20/h4-6,8-9,12-15,19,22,24H,7,10-11,16-18H2,1-3H3,(H,29,33)/t22-,24-/m0/s1. The summed E-state index contributed by atoms with van der Waals surface area (Å²) in [5.41, 5.74) is 3.40. The van der Waals surface area contributed by atoms with Gasteiger partial charge in [-0.1, -0.05) is 35.5 Å². The van der Waals surface area contributed by atoms with Crippen molar-refractivity contribution in [2.24, 2.45) is 13.0 Å². The molecule has 1 saturated carbocycles. The maximum absolute atomic E-state index is 12.4. The van der Waals surface area contributed by atoms with E-state index in [0.717, 1.165) is 47.5 Å². The summed E-state index contributed by atoms with van der Waals surface area (Å²) >= 11 is 0. The number of ether oxygens (including phenoxy) is 2. The first-order valence-corrected chi connectivity index (χ1v) is 12.6. The zero-order valence-corrected chi connectivity index (χ0v) is 21.1. The molecule has 1 aliphatic rings. The minimum Gasteiger partial charge on any atom is -0.490 e. The Labute approximate surface area is 212 Å². The second-order valence-electron chi connectivity index (χ2n) is 9.56. The second kappa shape index (κ2) is 11.8. The Bertz CT molecular complexity index is 1160. The largest absolute Gasteiger partial charge is 0.490 e. The molecule has 8 nitrogen and oxygen atoms in total. The normalized spacial score (nSPS) is 17.6. The number of carbonyl (C=O) groups excluding carboxylic acids is 2. The number of amides is 1. The van der Waals surface area contributed by atoms with Gasteiger partial charge in [-0.3, -0.25) is 9.59 Å². The lowest BCUT2D eigenvalue weighted by molar-refractivity contribution is -0.154. The number of nitrogens with one attached hydrogen (secondary N) is 1. The first-order valence-electron chi connectivity index (χ1n) is 12.6. The van der Waals surface area contributed by atoms with E-state index in [0.29, 0.717) is 19.4 Å². The molecule has 0 saturated heterocycles. The van der Waals surface area contributed by atoms with Crippen molar-refractivity contribution in [1.82, 2.24) is 20.3 Å². The van der Waals surface area contributed by atoms with E-state index >= 15 is 0 Å². The predicted molar refractivity (Wildman–Crippen MR) is 136 cm³/mol. The van der Waals surface area contributed by atoms with E-state index < -0.39 is 0 Å². The van der Waals surface area contributed by atoms with E-state index in [1.165, 1.54) is 0 Å². The van der Waals surface area contributed by atoms with Crippen LogP contribution in [-0.4, -0.2) is 39.1 Å². The van der Waals surface area contributed by atoms with Gasteiger partial charge >= 0.3 is 5.97 Å². The van der Waals surface area contributed by atoms with Crippen LogP contribution < -0.4 is 10.1 Å². The van der Waals surface area contributed by atoms with Gasteiger partial charge in [0.15, 0.2) is 0 Å². The molecule has 1 amide bonds. The van der Waals surface area contributed by atoms with Crippen LogP contribution in [0.1, 0.15) is 50.8 Å². The molecule has 1 fully saturated rings. The van der Waals surface area contributed by atoms with Crippen LogP contribution in [0, 0.1) is 5.92 Å². The highest BCUT2D eigenvalue weighted by Crippen LogP contribution is 2.30. The number of carbonyl (C=O) groups is 2. The maximum Gasteiger partial charge on any atom is 0.309 e. The van der Waals surface area contributed by atoms with E-state index in [1.54, 1.807) is 4.68 Å². The van der Waals surface area contributed by atoms with Gasteiger partial charge in [-0.15, -0.1) is 5.10 Å². The molecule has 36 heavy (non-hydrogen) atoms. The van der Waals surface area contributed by atoms with Gasteiger partial charge in [0.2, 0.25) is 5.91 Å². The first kappa shape index (κ1) is 25.4. The SMILES string of the molecule is CC(C)OC(=O)[C@H]1CCC[C@H](Oc2ccc(-c3nnn(C)c3CNC(=O)Cc3ccccc3)cc2)C1. The Kier molecular flexibility index (Phi) is 8.36. The van der Waals surface area contributed by atoms with Crippen LogP contribution in [-0.2, 0) is 34.3 Å². The molecule has 1 heterocycles. The third-order valence-electron chi connectivity index (χ3n) is 6.35. The van der Waals surface area contributed by atoms with E-state index in [9.17, 15) is 9.59 Å². The second-order valence-corrected chi connectivity index (χ2v) is 9.56. The Morgan fingerprint density at radius 3 is 2.56 bits per heavy atom. The number of hydrogen-bond donors (Lipinski definition) is 1. The quantitative estimate of drug-likeness (QED) is 0.451. The molecule has 1 aliphatic carbocycles. The lowest BCUT2D eigenvalue weighted by atomic mass is 9.87. The summed E-state index contributed by atoms with van der Waals surface area (Å²) in [6, 6.07) is 17.4. The smallest absolute Gasteiger partial charge is 0.309 e. The average molecular weight is 491 g/mol. The third-order valence-corrected chi connectivity index (χ3v) is 6.35. The molecule has 4 rings (SSSR count). The Morgan fingerprint density at radius 2 is 1.83 bits per heavy atom. The lowest BCUT2D eigenvalue weighted by Gasteiger charge is -2.29. The molecule has 0 aliphatic heterocycles. The van der Waals surface area contributed by atoms with Crippen molar-refractivity contribution >= 4 is 11.9 Å². The highest BCUT2D eigenvalue weighted by Gasteiger charge is 2.30. The monoisotopic (exact) mass is 490 g/mol. The Morgan fingerprint density at radius 1 is 1.08 bits per heavy atom. The molecular formula is C28H34N4O4. The zero-order valence-electron chi connectivity index (χ0n) is 21.1. The van der Waals surface area contributed by atoms with Crippen molar-refractivity contribution in [2.45, 2.75) is 64.7 Å². The van der Waals surface area contributed by atoms with Crippen molar-refractivity contribution < 1.29 is 19.1 Å². The summed E-state index contributed by atoms with van der Waals surface area (Å²) in [6.45, 7) is 4.08. The van der Waals surface area contributed by atoms with Crippen LogP contribution in [0.15, 0.2) is 54.6 Å². The van der Waals surface area contributed by atoms with E-state index in [1.807, 2.05) is 75.5 Å². The van der Waals surface area contributed by atoms with Gasteiger partial charge in [-0.25, -0.2) is 4.68 Å². The van der Waals surface area contributed by atoms with Gasteiger partial charge in [0.05, 0.1) is 36.8 Å². The van der Waals surface area contributed by atoms with Gasteiger partial charge in [0, 0.05) is 12.6 Å². The molecule has 2 atom stereocenters. The molecule has 0 bridgehead atoms. The number of esters is 1. The summed E-state index contributed by atoms with van der Waals surface area (Å²) in [6.07, 6.45) is 3.59. The van der Waals surface area contributed by atoms with E-state index in [-0.39, 0.29) is 30.0 Å². The number of rotatable bonds is 9. The topological polar surface area (TPSA) is 95.3 Å². The fourth-order valence-corrected chi connectivity index (χ4v) is 4.50. The van der Waals surface area contributed by atoms with Gasteiger partial charge in [0.25, 0.3) is 0 Å². The average Bonchev–Trinajstić information content (AvgIpc) is 3.24. The van der Waals surface area contributed by atoms with Crippen LogP contribution in [0.3, 0.4) is 0 Å². The molecule has 0 radical (unpaired) electrons. The van der Waals surface area contributed by atoms with Crippen LogP contribution in [0.25, 0.3) is 11.3 Å². The van der Waals surface area contributed by atoms with Crippen molar-refractivity contribution in [1.29, 1.82) is 0 Å². The third kappa shape index (κ3) is 6.71. The summed E-state index contributed by atoms with van der Waals surface area (Å²) in [5, 5.41) is 11.4. The number of aromatic nitrogens is 3. The summed E-state index contributed by atoms with van der Waals surface area (Å²) in [5.74, 6) is 0.466. The van der Waals surface area contributed by atoms with Crippen molar-refractivity contribution in [3.05, 3.63) is 65.9 Å². The molecule has 2 aromatic carbocycles. The van der Waals surface area contributed by atoms with E-state index in [4.69, 9.17) is 9.47 Å². The molecule has 1 N–H and O–H groups in total. The molecule has 1 aromatic heterocycles. The summed E-state index contributed by atoms with van der Waals surface area (Å²) in [7, 11) is 1.82. The molecule has 8 heteroatoms. The number of hydrogen-bond acceptors (Lipinski definition) is 6. The molecular weight excluding hydrogens is 456 g/mol. The molecule has 3 aromatic rings. The number of nitrogens with zero attached hydrogens (tertiary/aromatic N) is 3. The van der Waals surface area contributed by atoms with Crippen LogP contribution >= 0.6 is 0 Å². The van der Waals surface area contributed by atoms with Crippen LogP contribution in [0.4, 0.5) is 0 Å². The van der Waals surface area contributed by atoms with Gasteiger partial charge in [-0.2, -0.15) is 0 Å². The van der Waals surface area contributed by atoms with Crippen molar-refractivity contribution in [3.8, 4) is 17.0 Å². The van der Waals surface area contributed by atoms with Crippen molar-refractivity contribution in [3.63, 3.8) is 0 Å². The molecule has 0 unspecified atom stereocenters. The maximum atomic E-state index is 12.4. The first-order chi connectivity index (χ1) is 17.4. The van der Waals surface area contributed by atoms with Gasteiger partial charge in [-0.05, 0) is 69.4 Å². The van der Waals surface area contributed by atoms with Gasteiger partial charge < -0.3 is 14.8 Å². The molecule has 190 valence electrons. The van der Waals surface area contributed by atoms with Crippen molar-refractivity contribution in [2.75, 3.05) is 0 Å². The molecule has 0 spiro atoms. The number of benzene rings is 2. The minimum atomic E-state index is -0.125. The predicted octanol–water partition coefficient (Wildman–Crippen LogP) is 4.23. The zero-order chi connectivity index (χ0) is 25.5. The van der Waals surface area contributed by atoms with Crippen LogP contribution in [0.2, 0.25) is 0 Å². The minimum absolute atomic E-state index is 0.0128. The Hall–Kier alpha value is -3.68. The summed E-state index contributed by atoms with van der Waals surface area (Å²) < 4.78 is 13.3.